The van der Waals surface area contributed by atoms with Crippen LogP contribution in [-0.2, 0) is 0 Å². The van der Waals surface area contributed by atoms with Gasteiger partial charge in [-0.3, -0.25) is 0 Å². The normalized spacial score (nSPS) is 26.8. The molecule has 2 nitrogen and oxygen atoms in total. The molecule has 0 aliphatic heterocycles. The number of benzene rings is 1. The maximum Gasteiger partial charge on any atom is 0.0693 e. The number of halogens is 1. The Balaban J connectivity index is 1.98. The fourth-order valence-electron chi connectivity index (χ4n) is 2.50. The van der Waals surface area contributed by atoms with Crippen LogP contribution in [0.3, 0.4) is 0 Å². The molecule has 1 aromatic carbocycles. The Labute approximate surface area is 108 Å². The first kappa shape index (κ1) is 12.9. The van der Waals surface area contributed by atoms with Gasteiger partial charge in [0.1, 0.15) is 0 Å². The van der Waals surface area contributed by atoms with E-state index in [1.165, 1.54) is 12.0 Å². The molecule has 2 rings (SSSR count). The first-order valence-corrected chi connectivity index (χ1v) is 6.74. The van der Waals surface area contributed by atoms with Gasteiger partial charge in [0.25, 0.3) is 0 Å². The quantitative estimate of drug-likeness (QED) is 0.867. The highest BCUT2D eigenvalue weighted by molar-refractivity contribution is 6.30. The molecule has 0 bridgehead atoms. The van der Waals surface area contributed by atoms with E-state index in [-0.39, 0.29) is 18.2 Å². The van der Waals surface area contributed by atoms with Gasteiger partial charge < -0.3 is 10.4 Å². The van der Waals surface area contributed by atoms with Gasteiger partial charge in [0.05, 0.1) is 6.10 Å². The van der Waals surface area contributed by atoms with E-state index in [9.17, 15) is 5.11 Å². The highest BCUT2D eigenvalue weighted by Gasteiger charge is 2.24. The molecule has 0 spiro atoms. The molecular formula is C14H20ClNO. The molecular weight excluding hydrogens is 234 g/mol. The second-order valence-corrected chi connectivity index (χ2v) is 5.34. The Morgan fingerprint density at radius 3 is 2.82 bits per heavy atom. The lowest BCUT2D eigenvalue weighted by molar-refractivity contribution is 0.0860. The minimum atomic E-state index is -0.203. The standard InChI is InChI=1S/C14H20ClNO/c1-10(11-5-4-6-12(15)9-11)16-13-7-2-3-8-14(13)17/h4-6,9-10,13-14,16-17H,2-3,7-8H2,1H3/t10-,13-,14-/m0/s1. The molecule has 0 radical (unpaired) electrons. The Morgan fingerprint density at radius 1 is 1.35 bits per heavy atom. The smallest absolute Gasteiger partial charge is 0.0693 e. The van der Waals surface area contributed by atoms with Crippen LogP contribution in [0.5, 0.6) is 0 Å². The van der Waals surface area contributed by atoms with Crippen molar-refractivity contribution >= 4 is 11.6 Å². The number of aliphatic hydroxyl groups excluding tert-OH is 1. The molecule has 1 aromatic rings. The zero-order valence-electron chi connectivity index (χ0n) is 10.2. The van der Waals surface area contributed by atoms with Crippen LogP contribution in [0.4, 0.5) is 0 Å². The van der Waals surface area contributed by atoms with Crippen LogP contribution in [0.25, 0.3) is 0 Å². The van der Waals surface area contributed by atoms with Crippen LogP contribution >= 0.6 is 11.6 Å². The van der Waals surface area contributed by atoms with E-state index in [0.29, 0.717) is 0 Å². The number of hydrogen-bond donors (Lipinski definition) is 2. The van der Waals surface area contributed by atoms with Gasteiger partial charge in [0.2, 0.25) is 0 Å². The monoisotopic (exact) mass is 253 g/mol. The topological polar surface area (TPSA) is 32.3 Å². The van der Waals surface area contributed by atoms with E-state index in [0.717, 1.165) is 24.3 Å². The minimum Gasteiger partial charge on any atom is -0.392 e. The summed E-state index contributed by atoms with van der Waals surface area (Å²) < 4.78 is 0. The average molecular weight is 254 g/mol. The minimum absolute atomic E-state index is 0.203. The van der Waals surface area contributed by atoms with Crippen molar-refractivity contribution in [3.63, 3.8) is 0 Å². The zero-order chi connectivity index (χ0) is 12.3. The van der Waals surface area contributed by atoms with Crippen LogP contribution in [0.15, 0.2) is 24.3 Å². The third-order valence-corrected chi connectivity index (χ3v) is 3.78. The molecule has 1 aliphatic rings. The number of rotatable bonds is 3. The molecule has 1 saturated carbocycles. The number of hydrogen-bond acceptors (Lipinski definition) is 2. The van der Waals surface area contributed by atoms with Gasteiger partial charge in [0, 0.05) is 17.1 Å². The van der Waals surface area contributed by atoms with E-state index in [1.807, 2.05) is 18.2 Å². The van der Waals surface area contributed by atoms with Crippen LogP contribution in [0, 0.1) is 0 Å². The first-order chi connectivity index (χ1) is 8.16. The maximum absolute atomic E-state index is 9.93. The third-order valence-electron chi connectivity index (χ3n) is 3.54. The van der Waals surface area contributed by atoms with Crippen molar-refractivity contribution in [2.24, 2.45) is 0 Å². The van der Waals surface area contributed by atoms with Gasteiger partial charge in [-0.1, -0.05) is 36.6 Å². The predicted octanol–water partition coefficient (Wildman–Crippen LogP) is 3.29. The van der Waals surface area contributed by atoms with Gasteiger partial charge in [-0.15, -0.1) is 0 Å². The largest absolute Gasteiger partial charge is 0.392 e. The van der Waals surface area contributed by atoms with E-state index in [2.05, 4.69) is 18.3 Å². The van der Waals surface area contributed by atoms with Gasteiger partial charge in [-0.2, -0.15) is 0 Å². The molecule has 0 aromatic heterocycles. The highest BCUT2D eigenvalue weighted by Crippen LogP contribution is 2.23. The molecule has 1 fully saturated rings. The van der Waals surface area contributed by atoms with E-state index in [1.54, 1.807) is 0 Å². The van der Waals surface area contributed by atoms with Crippen LogP contribution in [0.2, 0.25) is 5.02 Å². The molecule has 0 amide bonds. The van der Waals surface area contributed by atoms with Crippen molar-refractivity contribution in [2.45, 2.75) is 50.8 Å². The van der Waals surface area contributed by atoms with Gasteiger partial charge in [-0.25, -0.2) is 0 Å². The average Bonchev–Trinajstić information content (AvgIpc) is 2.32. The lowest BCUT2D eigenvalue weighted by atomic mass is 9.91. The Bertz CT molecular complexity index is 369. The van der Waals surface area contributed by atoms with Crippen molar-refractivity contribution in [1.82, 2.24) is 5.32 Å². The van der Waals surface area contributed by atoms with Gasteiger partial charge in [-0.05, 0) is 37.5 Å². The zero-order valence-corrected chi connectivity index (χ0v) is 11.0. The lowest BCUT2D eigenvalue weighted by Crippen LogP contribution is -2.43. The molecule has 0 heterocycles. The van der Waals surface area contributed by atoms with Crippen LogP contribution in [-0.4, -0.2) is 17.3 Å². The van der Waals surface area contributed by atoms with Crippen molar-refractivity contribution in [1.29, 1.82) is 0 Å². The Morgan fingerprint density at radius 2 is 2.12 bits per heavy atom. The Hall–Kier alpha value is -0.570. The summed E-state index contributed by atoms with van der Waals surface area (Å²) in [7, 11) is 0. The molecule has 0 saturated heterocycles. The van der Waals surface area contributed by atoms with E-state index >= 15 is 0 Å². The fraction of sp³-hybridized carbons (Fsp3) is 0.571. The summed E-state index contributed by atoms with van der Waals surface area (Å²) in [6, 6.07) is 8.34. The Kier molecular flexibility index (Phi) is 4.43. The summed E-state index contributed by atoms with van der Waals surface area (Å²) in [4.78, 5) is 0. The molecule has 0 unspecified atom stereocenters. The van der Waals surface area contributed by atoms with E-state index in [4.69, 9.17) is 11.6 Å². The van der Waals surface area contributed by atoms with Crippen molar-refractivity contribution in [2.75, 3.05) is 0 Å². The maximum atomic E-state index is 9.93. The molecule has 94 valence electrons. The molecule has 3 atom stereocenters. The van der Waals surface area contributed by atoms with Crippen molar-refractivity contribution in [3.05, 3.63) is 34.9 Å². The summed E-state index contributed by atoms with van der Waals surface area (Å²) in [5.41, 5.74) is 1.18. The second kappa shape index (κ2) is 5.85. The summed E-state index contributed by atoms with van der Waals surface area (Å²) >= 11 is 5.98. The molecule has 17 heavy (non-hydrogen) atoms. The van der Waals surface area contributed by atoms with Gasteiger partial charge >= 0.3 is 0 Å². The molecule has 2 N–H and O–H groups in total. The first-order valence-electron chi connectivity index (χ1n) is 6.36. The fourth-order valence-corrected chi connectivity index (χ4v) is 2.70. The van der Waals surface area contributed by atoms with Crippen LogP contribution in [0.1, 0.15) is 44.2 Å². The third kappa shape index (κ3) is 3.44. The second-order valence-electron chi connectivity index (χ2n) is 4.90. The summed E-state index contributed by atoms with van der Waals surface area (Å²) in [5.74, 6) is 0. The molecule has 1 aliphatic carbocycles. The number of nitrogens with one attached hydrogen (secondary N) is 1. The summed E-state index contributed by atoms with van der Waals surface area (Å²) in [5, 5.41) is 14.2. The van der Waals surface area contributed by atoms with Gasteiger partial charge in [0.15, 0.2) is 0 Å². The van der Waals surface area contributed by atoms with Crippen molar-refractivity contribution < 1.29 is 5.11 Å². The highest BCUT2D eigenvalue weighted by atomic mass is 35.5. The van der Waals surface area contributed by atoms with E-state index < -0.39 is 0 Å². The lowest BCUT2D eigenvalue weighted by Gasteiger charge is -2.31. The summed E-state index contributed by atoms with van der Waals surface area (Å²) in [6.45, 7) is 2.12. The number of aliphatic hydroxyl groups is 1. The van der Waals surface area contributed by atoms with Crippen molar-refractivity contribution in [3.8, 4) is 0 Å². The summed E-state index contributed by atoms with van der Waals surface area (Å²) in [6.07, 6.45) is 4.12. The molecule has 3 heteroatoms. The van der Waals surface area contributed by atoms with Crippen LogP contribution < -0.4 is 5.32 Å². The SMILES string of the molecule is C[C@H](N[C@H]1CCCC[C@@H]1O)c1cccc(Cl)c1. The predicted molar refractivity (Wildman–Crippen MR) is 71.3 cm³/mol.